The summed E-state index contributed by atoms with van der Waals surface area (Å²) in [6.07, 6.45) is 1.65. The molecule has 0 aliphatic carbocycles. The maximum Gasteiger partial charge on any atom is 0.325 e. The molecule has 4 N–H and O–H groups in total. The first-order chi connectivity index (χ1) is 16.2. The van der Waals surface area contributed by atoms with Gasteiger partial charge in [-0.2, -0.15) is 0 Å². The SMILES string of the molecule is O=C1NC2NC(NCCCN3CCc4ccccc4C3)NCC2C(=O)N1Cc1ccccc1. The van der Waals surface area contributed by atoms with Gasteiger partial charge in [-0.05, 0) is 42.6 Å². The molecule has 3 aliphatic rings. The summed E-state index contributed by atoms with van der Waals surface area (Å²) < 4.78 is 0. The van der Waals surface area contributed by atoms with Crippen molar-refractivity contribution in [2.75, 3.05) is 26.2 Å². The number of imide groups is 1. The summed E-state index contributed by atoms with van der Waals surface area (Å²) in [6.45, 7) is 4.83. The third-order valence-electron chi connectivity index (χ3n) is 6.79. The second-order valence-corrected chi connectivity index (χ2v) is 9.05. The second-order valence-electron chi connectivity index (χ2n) is 9.05. The molecule has 0 aromatic heterocycles. The van der Waals surface area contributed by atoms with Crippen molar-refractivity contribution in [3.05, 3.63) is 71.3 Å². The van der Waals surface area contributed by atoms with Crippen molar-refractivity contribution in [2.45, 2.75) is 38.4 Å². The van der Waals surface area contributed by atoms with Crippen LogP contribution in [0.3, 0.4) is 0 Å². The van der Waals surface area contributed by atoms with Crippen molar-refractivity contribution in [2.24, 2.45) is 5.92 Å². The Morgan fingerprint density at radius 2 is 1.79 bits per heavy atom. The third-order valence-corrected chi connectivity index (χ3v) is 6.79. The van der Waals surface area contributed by atoms with Crippen molar-refractivity contribution in [3.8, 4) is 0 Å². The quantitative estimate of drug-likeness (QED) is 0.476. The zero-order valence-corrected chi connectivity index (χ0v) is 18.8. The van der Waals surface area contributed by atoms with Gasteiger partial charge >= 0.3 is 6.03 Å². The number of fused-ring (bicyclic) bond motifs is 2. The molecule has 3 heterocycles. The number of nitrogens with zero attached hydrogens (tertiary/aromatic N) is 2. The van der Waals surface area contributed by atoms with Crippen LogP contribution in [0.1, 0.15) is 23.1 Å². The van der Waals surface area contributed by atoms with E-state index < -0.39 is 0 Å². The van der Waals surface area contributed by atoms with E-state index in [1.165, 1.54) is 16.0 Å². The molecule has 3 amide bonds. The van der Waals surface area contributed by atoms with E-state index in [2.05, 4.69) is 50.4 Å². The van der Waals surface area contributed by atoms with E-state index in [1.54, 1.807) is 0 Å². The highest BCUT2D eigenvalue weighted by atomic mass is 16.2. The van der Waals surface area contributed by atoms with Gasteiger partial charge in [-0.3, -0.25) is 30.5 Å². The average molecular weight is 449 g/mol. The Morgan fingerprint density at radius 3 is 2.64 bits per heavy atom. The number of hydrogen-bond acceptors (Lipinski definition) is 6. The molecule has 2 fully saturated rings. The number of amides is 3. The Balaban J connectivity index is 1.06. The largest absolute Gasteiger partial charge is 0.325 e. The van der Waals surface area contributed by atoms with Crippen molar-refractivity contribution in [1.82, 2.24) is 31.1 Å². The summed E-state index contributed by atoms with van der Waals surface area (Å²) in [7, 11) is 0. The van der Waals surface area contributed by atoms with Crippen LogP contribution in [0.4, 0.5) is 4.79 Å². The third kappa shape index (κ3) is 5.09. The van der Waals surface area contributed by atoms with Crippen molar-refractivity contribution < 1.29 is 9.59 Å². The minimum atomic E-state index is -0.366. The predicted molar refractivity (Wildman–Crippen MR) is 126 cm³/mol. The van der Waals surface area contributed by atoms with Crippen LogP contribution < -0.4 is 21.3 Å². The Morgan fingerprint density at radius 1 is 1.00 bits per heavy atom. The number of urea groups is 1. The van der Waals surface area contributed by atoms with Gasteiger partial charge < -0.3 is 5.32 Å². The summed E-state index contributed by atoms with van der Waals surface area (Å²) in [4.78, 5) is 29.4. The number of benzene rings is 2. The molecule has 8 heteroatoms. The summed E-state index contributed by atoms with van der Waals surface area (Å²) in [5, 5.41) is 13.1. The van der Waals surface area contributed by atoms with Crippen LogP contribution in [-0.2, 0) is 24.3 Å². The Bertz CT molecular complexity index is 984. The number of hydrogen-bond donors (Lipinski definition) is 4. The van der Waals surface area contributed by atoms with E-state index in [9.17, 15) is 9.59 Å². The minimum absolute atomic E-state index is 0.137. The highest BCUT2D eigenvalue weighted by Gasteiger charge is 2.43. The molecule has 3 unspecified atom stereocenters. The van der Waals surface area contributed by atoms with Gasteiger partial charge in [0.25, 0.3) is 0 Å². The van der Waals surface area contributed by atoms with Crippen LogP contribution in [0, 0.1) is 5.92 Å². The molecule has 8 nitrogen and oxygen atoms in total. The predicted octanol–water partition coefficient (Wildman–Crippen LogP) is 1.20. The van der Waals surface area contributed by atoms with Crippen LogP contribution in [-0.4, -0.2) is 60.4 Å². The molecule has 2 aromatic rings. The lowest BCUT2D eigenvalue weighted by Gasteiger charge is -2.43. The zero-order chi connectivity index (χ0) is 22.6. The molecule has 174 valence electrons. The van der Waals surface area contributed by atoms with Gasteiger partial charge in [0.1, 0.15) is 6.29 Å². The number of carbonyl (C=O) groups is 2. The summed E-state index contributed by atoms with van der Waals surface area (Å²) in [5.74, 6) is -0.464. The van der Waals surface area contributed by atoms with Gasteiger partial charge in [0.15, 0.2) is 0 Å². The second kappa shape index (κ2) is 10.0. The van der Waals surface area contributed by atoms with E-state index in [1.807, 2.05) is 30.3 Å². The molecule has 0 spiro atoms. The van der Waals surface area contributed by atoms with Crippen LogP contribution >= 0.6 is 0 Å². The summed E-state index contributed by atoms with van der Waals surface area (Å²) in [5.41, 5.74) is 3.86. The highest BCUT2D eigenvalue weighted by molar-refractivity contribution is 5.98. The average Bonchev–Trinajstić information content (AvgIpc) is 2.85. The van der Waals surface area contributed by atoms with Gasteiger partial charge in [0, 0.05) is 19.6 Å². The molecular weight excluding hydrogens is 416 g/mol. The molecule has 5 rings (SSSR count). The van der Waals surface area contributed by atoms with Gasteiger partial charge in [-0.15, -0.1) is 0 Å². The maximum atomic E-state index is 13.0. The fourth-order valence-electron chi connectivity index (χ4n) is 4.94. The van der Waals surface area contributed by atoms with Gasteiger partial charge in [-0.1, -0.05) is 54.6 Å². The Kier molecular flexibility index (Phi) is 6.68. The monoisotopic (exact) mass is 448 g/mol. The smallest absolute Gasteiger partial charge is 0.321 e. The minimum Gasteiger partial charge on any atom is -0.321 e. The first kappa shape index (κ1) is 22.0. The zero-order valence-electron chi connectivity index (χ0n) is 18.8. The molecule has 0 bridgehead atoms. The van der Waals surface area contributed by atoms with E-state index in [-0.39, 0.29) is 36.9 Å². The van der Waals surface area contributed by atoms with E-state index in [0.29, 0.717) is 6.54 Å². The lowest BCUT2D eigenvalue weighted by atomic mass is 9.99. The van der Waals surface area contributed by atoms with Crippen molar-refractivity contribution in [1.29, 1.82) is 0 Å². The van der Waals surface area contributed by atoms with Crippen LogP contribution in [0.15, 0.2) is 54.6 Å². The van der Waals surface area contributed by atoms with E-state index in [0.717, 1.165) is 44.6 Å². The van der Waals surface area contributed by atoms with Crippen LogP contribution in [0.5, 0.6) is 0 Å². The van der Waals surface area contributed by atoms with E-state index in [4.69, 9.17) is 0 Å². The fraction of sp³-hybridized carbons (Fsp3) is 0.440. The number of rotatable bonds is 7. The topological polar surface area (TPSA) is 88.7 Å². The van der Waals surface area contributed by atoms with Gasteiger partial charge in [0.2, 0.25) is 5.91 Å². The Hall–Kier alpha value is -2.78. The summed E-state index contributed by atoms with van der Waals surface area (Å²) >= 11 is 0. The molecule has 3 atom stereocenters. The molecule has 2 saturated heterocycles. The first-order valence-electron chi connectivity index (χ1n) is 11.8. The number of carbonyl (C=O) groups excluding carboxylic acids is 2. The number of nitrogens with one attached hydrogen (secondary N) is 4. The van der Waals surface area contributed by atoms with E-state index >= 15 is 0 Å². The normalized spacial score (nSPS) is 25.3. The Labute approximate surface area is 194 Å². The van der Waals surface area contributed by atoms with Crippen LogP contribution in [0.25, 0.3) is 0 Å². The first-order valence-corrected chi connectivity index (χ1v) is 11.8. The molecule has 2 aromatic carbocycles. The standard InChI is InChI=1S/C25H32N6O2/c32-23-21-15-27-24(26-12-6-13-30-14-11-19-9-4-5-10-20(19)17-30)28-22(21)29-25(33)31(23)16-18-7-2-1-3-8-18/h1-5,7-10,21-22,24,26-28H,6,11-17H2,(H,29,33). The van der Waals surface area contributed by atoms with Crippen molar-refractivity contribution in [3.63, 3.8) is 0 Å². The molecular formula is C25H32N6O2. The van der Waals surface area contributed by atoms with Crippen LogP contribution in [0.2, 0.25) is 0 Å². The fourth-order valence-corrected chi connectivity index (χ4v) is 4.94. The van der Waals surface area contributed by atoms with Crippen molar-refractivity contribution >= 4 is 11.9 Å². The lowest BCUT2D eigenvalue weighted by Crippen LogP contribution is -2.74. The van der Waals surface area contributed by atoms with Gasteiger partial charge in [-0.25, -0.2) is 4.79 Å². The maximum absolute atomic E-state index is 13.0. The highest BCUT2D eigenvalue weighted by Crippen LogP contribution is 2.20. The molecule has 3 aliphatic heterocycles. The molecule has 0 saturated carbocycles. The molecule has 0 radical (unpaired) electrons. The lowest BCUT2D eigenvalue weighted by molar-refractivity contribution is -0.137. The summed E-state index contributed by atoms with van der Waals surface area (Å²) in [6, 6.07) is 17.9. The van der Waals surface area contributed by atoms with Gasteiger partial charge in [0.05, 0.1) is 18.6 Å². The molecule has 33 heavy (non-hydrogen) atoms.